The first kappa shape index (κ1) is 19.3. The molecule has 1 aliphatic rings. The number of nitrogens with zero attached hydrogens (tertiary/aromatic N) is 2. The molecule has 3 rings (SSSR count). The molecule has 28 heavy (non-hydrogen) atoms. The highest BCUT2D eigenvalue weighted by molar-refractivity contribution is 6.00. The number of rotatable bonds is 7. The highest BCUT2D eigenvalue weighted by atomic mass is 16.5. The van der Waals surface area contributed by atoms with Gasteiger partial charge in [-0.25, -0.2) is 0 Å². The van der Waals surface area contributed by atoms with Crippen LogP contribution in [-0.4, -0.2) is 49.4 Å². The smallest absolute Gasteiger partial charge is 0.251 e. The van der Waals surface area contributed by atoms with Gasteiger partial charge in [-0.1, -0.05) is 6.07 Å². The van der Waals surface area contributed by atoms with Crippen LogP contribution in [0, 0.1) is 5.92 Å². The Kier molecular flexibility index (Phi) is 6.21. The van der Waals surface area contributed by atoms with Crippen LogP contribution in [0.4, 0.5) is 5.69 Å². The molecule has 8 heteroatoms. The molecule has 0 saturated carbocycles. The van der Waals surface area contributed by atoms with Crippen LogP contribution in [0.1, 0.15) is 16.8 Å². The summed E-state index contributed by atoms with van der Waals surface area (Å²) in [4.78, 5) is 42.1. The van der Waals surface area contributed by atoms with E-state index in [1.54, 1.807) is 54.7 Å². The SMILES string of the molecule is COc1cccc(N2C[C@@H](C(=O)NCCNC(=O)c3ccncc3)CC2=O)c1. The number of carbonyl (C=O) groups is 3. The first-order chi connectivity index (χ1) is 13.6. The number of aromatic nitrogens is 1. The van der Waals surface area contributed by atoms with Crippen LogP contribution in [0.5, 0.6) is 5.75 Å². The molecule has 2 aromatic rings. The third-order valence-corrected chi connectivity index (χ3v) is 4.51. The van der Waals surface area contributed by atoms with E-state index >= 15 is 0 Å². The number of carbonyl (C=O) groups excluding carboxylic acids is 3. The molecule has 0 bridgehead atoms. The molecule has 2 heterocycles. The van der Waals surface area contributed by atoms with Crippen molar-refractivity contribution in [3.05, 3.63) is 54.4 Å². The van der Waals surface area contributed by atoms with E-state index in [0.29, 0.717) is 36.6 Å². The molecule has 1 aromatic heterocycles. The minimum Gasteiger partial charge on any atom is -0.497 e. The van der Waals surface area contributed by atoms with Crippen molar-refractivity contribution in [2.45, 2.75) is 6.42 Å². The van der Waals surface area contributed by atoms with E-state index < -0.39 is 5.92 Å². The van der Waals surface area contributed by atoms with E-state index in [1.807, 2.05) is 6.07 Å². The van der Waals surface area contributed by atoms with Crippen LogP contribution in [0.3, 0.4) is 0 Å². The fourth-order valence-corrected chi connectivity index (χ4v) is 3.02. The highest BCUT2D eigenvalue weighted by Gasteiger charge is 2.35. The van der Waals surface area contributed by atoms with E-state index in [0.717, 1.165) is 0 Å². The molecule has 1 atom stereocenters. The van der Waals surface area contributed by atoms with E-state index in [1.165, 1.54) is 0 Å². The molecule has 146 valence electrons. The van der Waals surface area contributed by atoms with Gasteiger partial charge in [0.25, 0.3) is 5.91 Å². The molecule has 0 unspecified atom stereocenters. The Bertz CT molecular complexity index is 856. The van der Waals surface area contributed by atoms with Crippen molar-refractivity contribution in [3.8, 4) is 5.75 Å². The first-order valence-corrected chi connectivity index (χ1v) is 8.99. The number of ether oxygens (including phenoxy) is 1. The average Bonchev–Trinajstić information content (AvgIpc) is 3.13. The average molecular weight is 382 g/mol. The Morgan fingerprint density at radius 3 is 2.68 bits per heavy atom. The van der Waals surface area contributed by atoms with Gasteiger partial charge in [0.15, 0.2) is 0 Å². The van der Waals surface area contributed by atoms with Gasteiger partial charge in [0, 0.05) is 55.8 Å². The molecule has 0 spiro atoms. The molecule has 0 aliphatic carbocycles. The van der Waals surface area contributed by atoms with Crippen molar-refractivity contribution in [1.82, 2.24) is 15.6 Å². The largest absolute Gasteiger partial charge is 0.497 e. The molecule has 1 aromatic carbocycles. The number of nitrogens with one attached hydrogen (secondary N) is 2. The van der Waals surface area contributed by atoms with Gasteiger partial charge in [0.05, 0.1) is 13.0 Å². The molecule has 1 saturated heterocycles. The van der Waals surface area contributed by atoms with E-state index in [-0.39, 0.29) is 24.1 Å². The van der Waals surface area contributed by atoms with Gasteiger partial charge in [0.1, 0.15) is 5.75 Å². The maximum atomic E-state index is 12.4. The minimum absolute atomic E-state index is 0.0978. The Hall–Kier alpha value is -3.42. The number of hydrogen-bond donors (Lipinski definition) is 2. The number of hydrogen-bond acceptors (Lipinski definition) is 5. The summed E-state index contributed by atoms with van der Waals surface area (Å²) < 4.78 is 5.19. The normalized spacial score (nSPS) is 16.0. The van der Waals surface area contributed by atoms with Crippen LogP contribution < -0.4 is 20.3 Å². The van der Waals surface area contributed by atoms with Crippen molar-refractivity contribution in [3.63, 3.8) is 0 Å². The van der Waals surface area contributed by atoms with Crippen LogP contribution in [-0.2, 0) is 9.59 Å². The second-order valence-electron chi connectivity index (χ2n) is 6.39. The predicted molar refractivity (Wildman–Crippen MR) is 103 cm³/mol. The summed E-state index contributed by atoms with van der Waals surface area (Å²) in [5.41, 5.74) is 1.22. The fraction of sp³-hybridized carbons (Fsp3) is 0.300. The zero-order chi connectivity index (χ0) is 19.9. The standard InChI is InChI=1S/C20H22N4O4/c1-28-17-4-2-3-16(12-17)24-13-15(11-18(24)25)20(27)23-10-9-22-19(26)14-5-7-21-8-6-14/h2-8,12,15H,9-11,13H2,1H3,(H,22,26)(H,23,27)/t15-/m0/s1. The monoisotopic (exact) mass is 382 g/mol. The molecular weight excluding hydrogens is 360 g/mol. The topological polar surface area (TPSA) is 101 Å². The molecule has 8 nitrogen and oxygen atoms in total. The molecule has 1 aliphatic heterocycles. The van der Waals surface area contributed by atoms with Crippen molar-refractivity contribution >= 4 is 23.4 Å². The zero-order valence-electron chi connectivity index (χ0n) is 15.6. The first-order valence-electron chi connectivity index (χ1n) is 8.99. The van der Waals surface area contributed by atoms with E-state index in [4.69, 9.17) is 4.74 Å². The number of anilines is 1. The molecule has 1 fully saturated rings. The van der Waals surface area contributed by atoms with Gasteiger partial charge in [-0.2, -0.15) is 0 Å². The number of pyridine rings is 1. The van der Waals surface area contributed by atoms with Gasteiger partial charge < -0.3 is 20.3 Å². The third kappa shape index (κ3) is 4.64. The lowest BCUT2D eigenvalue weighted by atomic mass is 10.1. The van der Waals surface area contributed by atoms with Crippen LogP contribution in [0.15, 0.2) is 48.8 Å². The number of methoxy groups -OCH3 is 1. The number of amides is 3. The van der Waals surface area contributed by atoms with E-state index in [9.17, 15) is 14.4 Å². The summed E-state index contributed by atoms with van der Waals surface area (Å²) in [6.07, 6.45) is 3.25. The van der Waals surface area contributed by atoms with Crippen LogP contribution in [0.2, 0.25) is 0 Å². The second-order valence-corrected chi connectivity index (χ2v) is 6.39. The number of benzene rings is 1. The van der Waals surface area contributed by atoms with Gasteiger partial charge in [-0.3, -0.25) is 19.4 Å². The van der Waals surface area contributed by atoms with Gasteiger partial charge in [0.2, 0.25) is 11.8 Å². The summed E-state index contributed by atoms with van der Waals surface area (Å²) in [6.45, 7) is 0.911. The van der Waals surface area contributed by atoms with Gasteiger partial charge in [-0.15, -0.1) is 0 Å². The summed E-state index contributed by atoms with van der Waals surface area (Å²) >= 11 is 0. The van der Waals surface area contributed by atoms with Crippen LogP contribution in [0.25, 0.3) is 0 Å². The molecule has 0 radical (unpaired) electrons. The van der Waals surface area contributed by atoms with E-state index in [2.05, 4.69) is 15.6 Å². The lowest BCUT2D eigenvalue weighted by Gasteiger charge is -2.17. The van der Waals surface area contributed by atoms with Crippen molar-refractivity contribution in [2.75, 3.05) is 31.6 Å². The van der Waals surface area contributed by atoms with Gasteiger partial charge >= 0.3 is 0 Å². The molecule has 2 N–H and O–H groups in total. The Morgan fingerprint density at radius 1 is 1.18 bits per heavy atom. The van der Waals surface area contributed by atoms with Gasteiger partial charge in [-0.05, 0) is 24.3 Å². The molecular formula is C20H22N4O4. The maximum absolute atomic E-state index is 12.4. The Morgan fingerprint density at radius 2 is 1.93 bits per heavy atom. The fourth-order valence-electron chi connectivity index (χ4n) is 3.02. The summed E-state index contributed by atoms with van der Waals surface area (Å²) in [7, 11) is 1.56. The Labute approximate surface area is 162 Å². The molecule has 3 amide bonds. The summed E-state index contributed by atoms with van der Waals surface area (Å²) in [6, 6.07) is 10.4. The van der Waals surface area contributed by atoms with Crippen molar-refractivity contribution in [2.24, 2.45) is 5.92 Å². The predicted octanol–water partition coefficient (Wildman–Crippen LogP) is 0.989. The second kappa shape index (κ2) is 8.98. The lowest BCUT2D eigenvalue weighted by molar-refractivity contribution is -0.126. The van der Waals surface area contributed by atoms with Crippen molar-refractivity contribution < 1.29 is 19.1 Å². The summed E-state index contributed by atoms with van der Waals surface area (Å²) in [5.74, 6) is -0.286. The van der Waals surface area contributed by atoms with Crippen molar-refractivity contribution in [1.29, 1.82) is 0 Å². The summed E-state index contributed by atoms with van der Waals surface area (Å²) in [5, 5.41) is 5.51. The zero-order valence-corrected chi connectivity index (χ0v) is 15.6. The Balaban J connectivity index is 1.46. The third-order valence-electron chi connectivity index (χ3n) is 4.51. The maximum Gasteiger partial charge on any atom is 0.251 e. The highest BCUT2D eigenvalue weighted by Crippen LogP contribution is 2.27. The van der Waals surface area contributed by atoms with Crippen LogP contribution >= 0.6 is 0 Å². The quantitative estimate of drug-likeness (QED) is 0.696. The lowest BCUT2D eigenvalue weighted by Crippen LogP contribution is -2.38. The minimum atomic E-state index is -0.422.